The maximum atomic E-state index is 12.2. The fraction of sp³-hybridized carbons (Fsp3) is 0.333. The summed E-state index contributed by atoms with van der Waals surface area (Å²) >= 11 is 3.43. The van der Waals surface area contributed by atoms with E-state index in [1.807, 2.05) is 30.3 Å². The number of nitrogens with one attached hydrogen (secondary N) is 2. The summed E-state index contributed by atoms with van der Waals surface area (Å²) in [6.07, 6.45) is 4.76. The Bertz CT molecular complexity index is 750. The standard InChI is InChI=1S/C21H25BrN2O3/c1-2-3-4-8-13-27-19-12-11-17(15-18(19)22)21(26)24-23-20(25)14-16-9-6-5-7-10-16/h5-7,9-12,15H,2-4,8,13-14H2,1H3,(H,23,25)(H,24,26). The zero-order chi connectivity index (χ0) is 19.5. The van der Waals surface area contributed by atoms with E-state index in [1.165, 1.54) is 12.8 Å². The summed E-state index contributed by atoms with van der Waals surface area (Å²) in [6.45, 7) is 2.82. The molecular formula is C21H25BrN2O3. The van der Waals surface area contributed by atoms with Crippen LogP contribution in [0.3, 0.4) is 0 Å². The van der Waals surface area contributed by atoms with Gasteiger partial charge < -0.3 is 4.74 Å². The van der Waals surface area contributed by atoms with Gasteiger partial charge >= 0.3 is 0 Å². The summed E-state index contributed by atoms with van der Waals surface area (Å²) in [5.74, 6) is 0.0448. The highest BCUT2D eigenvalue weighted by atomic mass is 79.9. The van der Waals surface area contributed by atoms with Crippen LogP contribution in [-0.2, 0) is 11.2 Å². The Morgan fingerprint density at radius 2 is 1.78 bits per heavy atom. The van der Waals surface area contributed by atoms with Gasteiger partial charge in [-0.25, -0.2) is 0 Å². The third kappa shape index (κ3) is 7.43. The largest absolute Gasteiger partial charge is 0.492 e. The Hall–Kier alpha value is -2.34. The molecular weight excluding hydrogens is 408 g/mol. The van der Waals surface area contributed by atoms with Crippen molar-refractivity contribution in [2.45, 2.75) is 39.0 Å². The van der Waals surface area contributed by atoms with Gasteiger partial charge in [-0.05, 0) is 46.1 Å². The lowest BCUT2D eigenvalue weighted by Gasteiger charge is -2.11. The first-order chi connectivity index (χ1) is 13.1. The van der Waals surface area contributed by atoms with Crippen LogP contribution in [0.4, 0.5) is 0 Å². The first-order valence-corrected chi connectivity index (χ1v) is 9.95. The van der Waals surface area contributed by atoms with Gasteiger partial charge in [0.1, 0.15) is 5.75 Å². The molecule has 0 aliphatic carbocycles. The zero-order valence-corrected chi connectivity index (χ0v) is 17.1. The molecule has 2 N–H and O–H groups in total. The minimum Gasteiger partial charge on any atom is -0.492 e. The highest BCUT2D eigenvalue weighted by molar-refractivity contribution is 9.10. The topological polar surface area (TPSA) is 67.4 Å². The third-order valence-electron chi connectivity index (χ3n) is 3.97. The second-order valence-electron chi connectivity index (χ2n) is 6.22. The van der Waals surface area contributed by atoms with E-state index in [0.29, 0.717) is 22.4 Å². The average molecular weight is 433 g/mol. The van der Waals surface area contributed by atoms with E-state index in [4.69, 9.17) is 4.74 Å². The van der Waals surface area contributed by atoms with Gasteiger partial charge in [0.2, 0.25) is 5.91 Å². The molecule has 6 heteroatoms. The van der Waals surface area contributed by atoms with Gasteiger partial charge in [0.05, 0.1) is 17.5 Å². The molecule has 144 valence electrons. The number of amides is 2. The van der Waals surface area contributed by atoms with Gasteiger partial charge in [-0.15, -0.1) is 0 Å². The lowest BCUT2D eigenvalue weighted by atomic mass is 10.1. The van der Waals surface area contributed by atoms with E-state index in [0.717, 1.165) is 18.4 Å². The molecule has 0 aliphatic heterocycles. The Balaban J connectivity index is 1.80. The lowest BCUT2D eigenvalue weighted by Crippen LogP contribution is -2.42. The monoisotopic (exact) mass is 432 g/mol. The number of halogens is 1. The number of hydrogen-bond acceptors (Lipinski definition) is 3. The average Bonchev–Trinajstić information content (AvgIpc) is 2.67. The maximum absolute atomic E-state index is 12.2. The molecule has 0 saturated heterocycles. The van der Waals surface area contributed by atoms with Gasteiger partial charge in [-0.3, -0.25) is 20.4 Å². The van der Waals surface area contributed by atoms with Gasteiger partial charge in [0.15, 0.2) is 0 Å². The highest BCUT2D eigenvalue weighted by Crippen LogP contribution is 2.26. The van der Waals surface area contributed by atoms with Gasteiger partial charge in [-0.1, -0.05) is 56.5 Å². The highest BCUT2D eigenvalue weighted by Gasteiger charge is 2.11. The lowest BCUT2D eigenvalue weighted by molar-refractivity contribution is -0.121. The van der Waals surface area contributed by atoms with E-state index in [1.54, 1.807) is 18.2 Å². The summed E-state index contributed by atoms with van der Waals surface area (Å²) in [4.78, 5) is 24.1. The van der Waals surface area contributed by atoms with Crippen molar-refractivity contribution in [3.05, 3.63) is 64.1 Å². The van der Waals surface area contributed by atoms with Crippen molar-refractivity contribution < 1.29 is 14.3 Å². The van der Waals surface area contributed by atoms with E-state index in [9.17, 15) is 9.59 Å². The molecule has 0 radical (unpaired) electrons. The molecule has 5 nitrogen and oxygen atoms in total. The van der Waals surface area contributed by atoms with Crippen molar-refractivity contribution in [1.29, 1.82) is 0 Å². The molecule has 0 bridgehead atoms. The van der Waals surface area contributed by atoms with Gasteiger partial charge in [0, 0.05) is 5.56 Å². The third-order valence-corrected chi connectivity index (χ3v) is 4.59. The second-order valence-corrected chi connectivity index (χ2v) is 7.07. The van der Waals surface area contributed by atoms with E-state index < -0.39 is 0 Å². The van der Waals surface area contributed by atoms with Crippen LogP contribution in [0.1, 0.15) is 48.5 Å². The molecule has 0 heterocycles. The van der Waals surface area contributed by atoms with Crippen molar-refractivity contribution in [3.63, 3.8) is 0 Å². The number of unbranched alkanes of at least 4 members (excludes halogenated alkanes) is 3. The number of hydrazine groups is 1. The molecule has 0 aromatic heterocycles. The van der Waals surface area contributed by atoms with Crippen molar-refractivity contribution in [1.82, 2.24) is 10.9 Å². The Morgan fingerprint density at radius 1 is 1.00 bits per heavy atom. The smallest absolute Gasteiger partial charge is 0.269 e. The van der Waals surface area contributed by atoms with Crippen LogP contribution in [-0.4, -0.2) is 18.4 Å². The number of hydrogen-bond donors (Lipinski definition) is 2. The predicted molar refractivity (Wildman–Crippen MR) is 110 cm³/mol. The van der Waals surface area contributed by atoms with Crippen molar-refractivity contribution in [2.24, 2.45) is 0 Å². The van der Waals surface area contributed by atoms with E-state index in [2.05, 4.69) is 33.7 Å². The quantitative estimate of drug-likeness (QED) is 0.455. The maximum Gasteiger partial charge on any atom is 0.269 e. The number of benzene rings is 2. The number of ether oxygens (including phenoxy) is 1. The normalized spacial score (nSPS) is 10.3. The van der Waals surface area contributed by atoms with Crippen LogP contribution in [0.2, 0.25) is 0 Å². The van der Waals surface area contributed by atoms with Crippen LogP contribution in [0.25, 0.3) is 0 Å². The molecule has 2 aromatic rings. The van der Waals surface area contributed by atoms with E-state index >= 15 is 0 Å². The molecule has 0 saturated carbocycles. The fourth-order valence-electron chi connectivity index (χ4n) is 2.49. The van der Waals surface area contributed by atoms with Crippen LogP contribution < -0.4 is 15.6 Å². The molecule has 0 fully saturated rings. The molecule has 27 heavy (non-hydrogen) atoms. The minimum absolute atomic E-state index is 0.204. The Morgan fingerprint density at radius 3 is 2.48 bits per heavy atom. The summed E-state index contributed by atoms with van der Waals surface area (Å²) in [5, 5.41) is 0. The first kappa shape index (κ1) is 21.0. The van der Waals surface area contributed by atoms with E-state index in [-0.39, 0.29) is 18.2 Å². The van der Waals surface area contributed by atoms with Crippen LogP contribution in [0.15, 0.2) is 53.0 Å². The SMILES string of the molecule is CCCCCCOc1ccc(C(=O)NNC(=O)Cc2ccccc2)cc1Br. The number of rotatable bonds is 9. The first-order valence-electron chi connectivity index (χ1n) is 9.15. The van der Waals surface area contributed by atoms with Crippen LogP contribution in [0.5, 0.6) is 5.75 Å². The van der Waals surface area contributed by atoms with Crippen LogP contribution >= 0.6 is 15.9 Å². The van der Waals surface area contributed by atoms with Crippen molar-refractivity contribution in [2.75, 3.05) is 6.61 Å². The molecule has 0 unspecified atom stereocenters. The Kier molecular flexibility index (Phi) is 8.84. The number of carbonyl (C=O) groups is 2. The summed E-state index contributed by atoms with van der Waals surface area (Å²) in [7, 11) is 0. The molecule has 0 aliphatic rings. The molecule has 0 atom stereocenters. The molecule has 2 aromatic carbocycles. The minimum atomic E-state index is -0.383. The molecule has 2 rings (SSSR count). The van der Waals surface area contributed by atoms with Crippen LogP contribution in [0, 0.1) is 0 Å². The summed E-state index contributed by atoms with van der Waals surface area (Å²) in [5.41, 5.74) is 6.18. The van der Waals surface area contributed by atoms with Crippen molar-refractivity contribution >= 4 is 27.7 Å². The summed E-state index contributed by atoms with van der Waals surface area (Å²) < 4.78 is 6.44. The number of carbonyl (C=O) groups excluding carboxylic acids is 2. The zero-order valence-electron chi connectivity index (χ0n) is 15.5. The van der Waals surface area contributed by atoms with Gasteiger partial charge in [-0.2, -0.15) is 0 Å². The molecule has 0 spiro atoms. The Labute approximate surface area is 168 Å². The predicted octanol–water partition coefficient (Wildman–Crippen LogP) is 4.41. The second kappa shape index (κ2) is 11.4. The van der Waals surface area contributed by atoms with Crippen molar-refractivity contribution in [3.8, 4) is 5.75 Å². The fourth-order valence-corrected chi connectivity index (χ4v) is 2.99. The van der Waals surface area contributed by atoms with Gasteiger partial charge in [0.25, 0.3) is 5.91 Å². The summed E-state index contributed by atoms with van der Waals surface area (Å²) in [6, 6.07) is 14.5. The molecule has 2 amide bonds.